The fraction of sp³-hybridized carbons (Fsp3) is 0.316. The summed E-state index contributed by atoms with van der Waals surface area (Å²) in [5.41, 5.74) is 9.41. The molecule has 4 aromatic rings. The SMILES string of the molecule is C#Cc1cc2c3c(c1)Cc1cccc(c1OCCOCCO3)Cc1cccc3c1OCCOCCOc1c(cccc1C2)C3. The van der Waals surface area contributed by atoms with Crippen molar-refractivity contribution in [1.82, 2.24) is 0 Å². The molecule has 0 fully saturated rings. The molecule has 7 rings (SSSR count). The van der Waals surface area contributed by atoms with E-state index in [4.69, 9.17) is 34.8 Å². The molecule has 3 aliphatic rings. The van der Waals surface area contributed by atoms with Crippen molar-refractivity contribution in [3.05, 3.63) is 117 Å². The molecule has 0 atom stereocenters. The summed E-state index contributed by atoms with van der Waals surface area (Å²) in [7, 11) is 0. The van der Waals surface area contributed by atoms with E-state index in [1.165, 1.54) is 0 Å². The lowest BCUT2D eigenvalue weighted by molar-refractivity contribution is 0.0744. The maximum Gasteiger partial charge on any atom is 0.126 e. The largest absolute Gasteiger partial charge is 0.491 e. The molecule has 2 heterocycles. The van der Waals surface area contributed by atoms with Crippen molar-refractivity contribution in [3.8, 4) is 35.3 Å². The zero-order valence-electron chi connectivity index (χ0n) is 24.9. The summed E-state index contributed by atoms with van der Waals surface area (Å²) >= 11 is 0. The van der Waals surface area contributed by atoms with E-state index < -0.39 is 0 Å². The highest BCUT2D eigenvalue weighted by Gasteiger charge is 2.23. The normalized spacial score (nSPS) is 16.5. The van der Waals surface area contributed by atoms with Crippen LogP contribution in [0.1, 0.15) is 50.1 Å². The quantitative estimate of drug-likeness (QED) is 0.210. The minimum atomic E-state index is 0.431. The van der Waals surface area contributed by atoms with Gasteiger partial charge in [-0.2, -0.15) is 0 Å². The predicted octanol–water partition coefficient (Wildman–Crippen LogP) is 5.92. The van der Waals surface area contributed by atoms with Gasteiger partial charge in [-0.25, -0.2) is 0 Å². The highest BCUT2D eigenvalue weighted by molar-refractivity contribution is 5.58. The zero-order valence-corrected chi connectivity index (χ0v) is 24.9. The molecule has 0 N–H and O–H groups in total. The Morgan fingerprint density at radius 1 is 0.409 bits per heavy atom. The van der Waals surface area contributed by atoms with Crippen molar-refractivity contribution in [3.63, 3.8) is 0 Å². The van der Waals surface area contributed by atoms with Crippen molar-refractivity contribution < 1.29 is 28.4 Å². The lowest BCUT2D eigenvalue weighted by Crippen LogP contribution is -2.17. The van der Waals surface area contributed by atoms with Crippen LogP contribution < -0.4 is 18.9 Å². The number of hydrogen-bond donors (Lipinski definition) is 0. The Bertz CT molecular complexity index is 1700. The molecule has 6 heteroatoms. The van der Waals surface area contributed by atoms with Gasteiger partial charge in [-0.15, -0.1) is 6.42 Å². The minimum absolute atomic E-state index is 0.431. The second-order valence-corrected chi connectivity index (χ2v) is 11.3. The van der Waals surface area contributed by atoms with Gasteiger partial charge in [0.2, 0.25) is 0 Å². The first-order valence-corrected chi connectivity index (χ1v) is 15.4. The van der Waals surface area contributed by atoms with Gasteiger partial charge < -0.3 is 28.4 Å². The fourth-order valence-corrected chi connectivity index (χ4v) is 6.43. The Hall–Kier alpha value is -4.44. The molecule has 1 aliphatic carbocycles. The molecule has 4 aromatic carbocycles. The highest BCUT2D eigenvalue weighted by Crippen LogP contribution is 2.39. The van der Waals surface area contributed by atoms with Gasteiger partial charge in [0, 0.05) is 42.4 Å². The maximum atomic E-state index is 6.52. The summed E-state index contributed by atoms with van der Waals surface area (Å²) in [6.45, 7) is 3.69. The van der Waals surface area contributed by atoms with Crippen molar-refractivity contribution in [2.45, 2.75) is 25.7 Å². The van der Waals surface area contributed by atoms with Crippen molar-refractivity contribution in [2.24, 2.45) is 0 Å². The van der Waals surface area contributed by atoms with Crippen LogP contribution in [0.15, 0.2) is 66.7 Å². The number of rotatable bonds is 0. The van der Waals surface area contributed by atoms with E-state index >= 15 is 0 Å². The number of para-hydroxylation sites is 3. The summed E-state index contributed by atoms with van der Waals surface area (Å²) in [6.07, 6.45) is 8.55. The van der Waals surface area contributed by atoms with E-state index in [2.05, 4.69) is 72.7 Å². The van der Waals surface area contributed by atoms with Crippen molar-refractivity contribution >= 4 is 0 Å². The molecule has 0 amide bonds. The van der Waals surface area contributed by atoms with Crippen LogP contribution in [-0.4, -0.2) is 52.9 Å². The summed E-state index contributed by atoms with van der Waals surface area (Å²) in [5.74, 6) is 6.37. The smallest absolute Gasteiger partial charge is 0.126 e. The first-order chi connectivity index (χ1) is 21.8. The molecule has 0 saturated heterocycles. The molecule has 0 spiro atoms. The van der Waals surface area contributed by atoms with Crippen LogP contribution in [0.3, 0.4) is 0 Å². The maximum absolute atomic E-state index is 6.52. The third-order valence-corrected chi connectivity index (χ3v) is 8.36. The van der Waals surface area contributed by atoms with Gasteiger partial charge in [-0.1, -0.05) is 60.5 Å². The number of hydrogen-bond acceptors (Lipinski definition) is 6. The van der Waals surface area contributed by atoms with Gasteiger partial charge in [0.15, 0.2) is 0 Å². The van der Waals surface area contributed by atoms with Gasteiger partial charge in [0.05, 0.1) is 26.4 Å². The van der Waals surface area contributed by atoms with Gasteiger partial charge in [-0.05, 0) is 45.5 Å². The van der Waals surface area contributed by atoms with Crippen LogP contribution in [-0.2, 0) is 35.2 Å². The monoisotopic (exact) mass is 588 g/mol. The van der Waals surface area contributed by atoms with Crippen molar-refractivity contribution in [1.29, 1.82) is 0 Å². The summed E-state index contributed by atoms with van der Waals surface area (Å²) in [5, 5.41) is 0. The third-order valence-electron chi connectivity index (χ3n) is 8.36. The van der Waals surface area contributed by atoms with Gasteiger partial charge in [-0.3, -0.25) is 0 Å². The fourth-order valence-electron chi connectivity index (χ4n) is 6.43. The molecule has 44 heavy (non-hydrogen) atoms. The van der Waals surface area contributed by atoms with E-state index in [1.807, 2.05) is 0 Å². The minimum Gasteiger partial charge on any atom is -0.491 e. The van der Waals surface area contributed by atoms with E-state index in [1.54, 1.807) is 0 Å². The molecule has 0 saturated carbocycles. The molecular formula is C38H36O6. The van der Waals surface area contributed by atoms with Crippen molar-refractivity contribution in [2.75, 3.05) is 52.9 Å². The van der Waals surface area contributed by atoms with E-state index in [-0.39, 0.29) is 0 Å². The van der Waals surface area contributed by atoms with Gasteiger partial charge in [0.25, 0.3) is 0 Å². The standard InChI is InChI=1S/C38H36O6/c1-2-26-20-33-24-31-10-4-8-29-22-27-6-3-7-28(35(27)41-16-12-39-13-17-42-36(29)31)23-30-9-5-11-32-25-34(21-26)38(33)44-19-15-40-14-18-43-37(30)32/h1,3-11,20-21H,12-19,22-25H2. The van der Waals surface area contributed by atoms with E-state index in [0.717, 1.165) is 73.1 Å². The summed E-state index contributed by atoms with van der Waals surface area (Å²) in [4.78, 5) is 0. The lowest BCUT2D eigenvalue weighted by Gasteiger charge is -2.24. The first kappa shape index (κ1) is 28.3. The molecule has 12 bridgehead atoms. The van der Waals surface area contributed by atoms with Gasteiger partial charge >= 0.3 is 0 Å². The highest BCUT2D eigenvalue weighted by atomic mass is 16.6. The Morgan fingerprint density at radius 2 is 0.705 bits per heavy atom. The Labute approximate surface area is 258 Å². The number of terminal acetylenes is 1. The third kappa shape index (κ3) is 5.99. The Kier molecular flexibility index (Phi) is 8.41. The molecule has 224 valence electrons. The predicted molar refractivity (Wildman–Crippen MR) is 169 cm³/mol. The topological polar surface area (TPSA) is 55.4 Å². The summed E-state index contributed by atoms with van der Waals surface area (Å²) in [6, 6.07) is 23.3. The number of benzene rings is 4. The average Bonchev–Trinajstić information content (AvgIpc) is 3.02. The van der Waals surface area contributed by atoms with E-state index in [9.17, 15) is 0 Å². The molecule has 6 nitrogen and oxygen atoms in total. The van der Waals surface area contributed by atoms with Gasteiger partial charge in [0.1, 0.15) is 49.4 Å². The molecule has 0 unspecified atom stereocenters. The lowest BCUT2D eigenvalue weighted by atomic mass is 9.90. The van der Waals surface area contributed by atoms with Crippen LogP contribution in [0, 0.1) is 12.3 Å². The number of ether oxygens (including phenoxy) is 6. The summed E-state index contributed by atoms with van der Waals surface area (Å²) < 4.78 is 37.8. The van der Waals surface area contributed by atoms with Crippen LogP contribution in [0.2, 0.25) is 0 Å². The Balaban J connectivity index is 1.49. The molecular weight excluding hydrogens is 552 g/mol. The van der Waals surface area contributed by atoms with Crippen LogP contribution >= 0.6 is 0 Å². The second kappa shape index (κ2) is 13.1. The molecule has 0 aromatic heterocycles. The zero-order chi connectivity index (χ0) is 29.7. The second-order valence-electron chi connectivity index (χ2n) is 11.3. The van der Waals surface area contributed by atoms with Crippen LogP contribution in [0.4, 0.5) is 0 Å². The van der Waals surface area contributed by atoms with E-state index in [0.29, 0.717) is 78.5 Å². The Morgan fingerprint density at radius 3 is 1.02 bits per heavy atom. The molecule has 2 aliphatic heterocycles. The first-order valence-electron chi connectivity index (χ1n) is 15.4. The average molecular weight is 589 g/mol. The van der Waals surface area contributed by atoms with Crippen LogP contribution in [0.25, 0.3) is 0 Å². The molecule has 0 radical (unpaired) electrons. The van der Waals surface area contributed by atoms with Crippen LogP contribution in [0.5, 0.6) is 23.0 Å².